The summed E-state index contributed by atoms with van der Waals surface area (Å²) in [7, 11) is 1.71. The maximum Gasteiger partial charge on any atom is 0.162 e. The van der Waals surface area contributed by atoms with Crippen LogP contribution in [0.4, 0.5) is 13.2 Å². The maximum absolute atomic E-state index is 15.1. The molecule has 1 saturated heterocycles. The molecule has 1 unspecified atom stereocenters. The van der Waals surface area contributed by atoms with Crippen LogP contribution >= 0.6 is 0 Å². The third kappa shape index (κ3) is 5.11. The van der Waals surface area contributed by atoms with E-state index in [-0.39, 0.29) is 29.9 Å². The number of methoxy groups -OCH3 is 1. The molecule has 0 amide bonds. The first kappa shape index (κ1) is 23.6. The van der Waals surface area contributed by atoms with Crippen LogP contribution in [0.1, 0.15) is 91.6 Å². The van der Waals surface area contributed by atoms with E-state index in [0.29, 0.717) is 29.2 Å². The summed E-state index contributed by atoms with van der Waals surface area (Å²) in [5.74, 6) is -1.03. The van der Waals surface area contributed by atoms with Crippen LogP contribution in [-0.2, 0) is 9.47 Å². The molecular weight excluding hydrogens is 437 g/mol. The number of rotatable bonds is 6. The molecule has 1 heterocycles. The Morgan fingerprint density at radius 2 is 1.35 bits per heavy atom. The predicted octanol–water partition coefficient (Wildman–Crippen LogP) is 7.84. The average molecular weight is 471 g/mol. The Morgan fingerprint density at radius 1 is 0.794 bits per heavy atom. The van der Waals surface area contributed by atoms with Crippen molar-refractivity contribution < 1.29 is 22.6 Å². The first-order valence-electron chi connectivity index (χ1n) is 12.6. The predicted molar refractivity (Wildman–Crippen MR) is 127 cm³/mol. The van der Waals surface area contributed by atoms with Crippen LogP contribution in [0.3, 0.4) is 0 Å². The minimum Gasteiger partial charge on any atom is -0.381 e. The summed E-state index contributed by atoms with van der Waals surface area (Å²) in [4.78, 5) is 0. The lowest BCUT2D eigenvalue weighted by Crippen LogP contribution is -2.20. The van der Waals surface area contributed by atoms with Crippen LogP contribution in [0.5, 0.6) is 0 Å². The molecule has 5 heteroatoms. The van der Waals surface area contributed by atoms with Crippen LogP contribution < -0.4 is 0 Å². The van der Waals surface area contributed by atoms with Gasteiger partial charge in [0.05, 0.1) is 12.7 Å². The molecule has 2 aromatic carbocycles. The average Bonchev–Trinajstić information content (AvgIpc) is 3.70. The molecule has 3 aliphatic rings. The van der Waals surface area contributed by atoms with Crippen molar-refractivity contribution in [2.75, 3.05) is 13.7 Å². The van der Waals surface area contributed by atoms with Crippen molar-refractivity contribution in [1.82, 2.24) is 0 Å². The van der Waals surface area contributed by atoms with E-state index in [1.807, 2.05) is 24.3 Å². The van der Waals surface area contributed by atoms with E-state index in [4.69, 9.17) is 9.47 Å². The smallest absolute Gasteiger partial charge is 0.162 e. The first-order valence-corrected chi connectivity index (χ1v) is 12.6. The molecule has 1 aliphatic heterocycles. The number of benzene rings is 2. The van der Waals surface area contributed by atoms with E-state index in [0.717, 1.165) is 56.9 Å². The summed E-state index contributed by atoms with van der Waals surface area (Å²) in [5.41, 5.74) is 2.51. The fourth-order valence-electron chi connectivity index (χ4n) is 5.83. The van der Waals surface area contributed by atoms with E-state index in [1.54, 1.807) is 19.2 Å². The highest BCUT2D eigenvalue weighted by atomic mass is 19.2. The molecule has 0 spiro atoms. The van der Waals surface area contributed by atoms with Crippen molar-refractivity contribution in [1.29, 1.82) is 0 Å². The molecule has 5 rings (SSSR count). The zero-order valence-corrected chi connectivity index (χ0v) is 19.7. The number of allylic oxidation sites excluding steroid dienone is 1. The second-order valence-electron chi connectivity index (χ2n) is 10.2. The molecule has 2 nitrogen and oxygen atoms in total. The highest BCUT2D eigenvalue weighted by molar-refractivity contribution is 5.51. The normalized spacial score (nSPS) is 29.5. The molecule has 2 saturated carbocycles. The molecular formula is C29H33F3O2. The van der Waals surface area contributed by atoms with Gasteiger partial charge in [-0.05, 0) is 91.9 Å². The van der Waals surface area contributed by atoms with Crippen LogP contribution in [-0.4, -0.2) is 19.8 Å². The Hall–Kier alpha value is -2.11. The summed E-state index contributed by atoms with van der Waals surface area (Å²) in [6, 6.07) is 8.92. The molecule has 2 aromatic rings. The zero-order chi connectivity index (χ0) is 23.7. The summed E-state index contributed by atoms with van der Waals surface area (Å²) in [6.07, 6.45) is 11.2. The number of hydrogen-bond donors (Lipinski definition) is 0. The third-order valence-corrected chi connectivity index (χ3v) is 8.07. The van der Waals surface area contributed by atoms with Crippen LogP contribution in [0.2, 0.25) is 0 Å². The highest BCUT2D eigenvalue weighted by Gasteiger charge is 2.30. The van der Waals surface area contributed by atoms with E-state index in [1.165, 1.54) is 0 Å². The van der Waals surface area contributed by atoms with E-state index >= 15 is 8.78 Å². The lowest BCUT2D eigenvalue weighted by atomic mass is 9.77. The Bertz CT molecular complexity index is 1030. The Balaban J connectivity index is 1.19. The molecule has 0 radical (unpaired) electrons. The van der Waals surface area contributed by atoms with Gasteiger partial charge < -0.3 is 9.47 Å². The third-order valence-electron chi connectivity index (χ3n) is 8.07. The SMILES string of the molecule is COC1CCC(c2ccc(C3CCC(/C=C/c4ccc(C5CO5)c(F)c4)CC3)c(F)c2F)CC1. The van der Waals surface area contributed by atoms with Gasteiger partial charge in [-0.1, -0.05) is 36.4 Å². The van der Waals surface area contributed by atoms with Gasteiger partial charge in [0.1, 0.15) is 11.9 Å². The fourth-order valence-corrected chi connectivity index (χ4v) is 5.83. The molecule has 182 valence electrons. The Kier molecular flexibility index (Phi) is 7.12. The molecule has 34 heavy (non-hydrogen) atoms. The van der Waals surface area contributed by atoms with Gasteiger partial charge in [0.15, 0.2) is 11.6 Å². The minimum absolute atomic E-state index is 0.0488. The van der Waals surface area contributed by atoms with E-state index < -0.39 is 11.6 Å². The van der Waals surface area contributed by atoms with Gasteiger partial charge in [0, 0.05) is 12.7 Å². The largest absolute Gasteiger partial charge is 0.381 e. The van der Waals surface area contributed by atoms with Crippen molar-refractivity contribution in [3.05, 3.63) is 76.1 Å². The van der Waals surface area contributed by atoms with Gasteiger partial charge >= 0.3 is 0 Å². The number of hydrogen-bond acceptors (Lipinski definition) is 2. The molecule has 1 atom stereocenters. The van der Waals surface area contributed by atoms with Crippen molar-refractivity contribution in [2.24, 2.45) is 5.92 Å². The zero-order valence-electron chi connectivity index (χ0n) is 19.7. The second-order valence-corrected chi connectivity index (χ2v) is 10.2. The number of epoxide rings is 1. The molecule has 3 fully saturated rings. The summed E-state index contributed by atoms with van der Waals surface area (Å²) < 4.78 is 54.9. The number of halogens is 3. The first-order chi connectivity index (χ1) is 16.5. The molecule has 2 aliphatic carbocycles. The maximum atomic E-state index is 15.1. The van der Waals surface area contributed by atoms with Gasteiger partial charge in [-0.25, -0.2) is 13.2 Å². The Morgan fingerprint density at radius 3 is 1.88 bits per heavy atom. The van der Waals surface area contributed by atoms with Gasteiger partial charge in [0.25, 0.3) is 0 Å². The van der Waals surface area contributed by atoms with E-state index in [9.17, 15) is 4.39 Å². The lowest BCUT2D eigenvalue weighted by Gasteiger charge is -2.30. The standard InChI is InChI=1S/C29H33F3O2/c1-33-22-11-9-21(10-12-22)24-15-14-23(28(31)29(24)32)20-7-4-18(5-8-20)2-3-19-6-13-25(26(30)16-19)27-17-34-27/h2-3,6,13-16,18,20-22,27H,4-5,7-12,17H2,1H3/b3-2+. The topological polar surface area (TPSA) is 21.8 Å². The van der Waals surface area contributed by atoms with Crippen LogP contribution in [0, 0.1) is 23.4 Å². The molecule has 0 N–H and O–H groups in total. The lowest BCUT2D eigenvalue weighted by molar-refractivity contribution is 0.0655. The minimum atomic E-state index is -0.652. The summed E-state index contributed by atoms with van der Waals surface area (Å²) >= 11 is 0. The van der Waals surface area contributed by atoms with Gasteiger partial charge in [-0.15, -0.1) is 0 Å². The monoisotopic (exact) mass is 470 g/mol. The van der Waals surface area contributed by atoms with E-state index in [2.05, 4.69) is 6.08 Å². The van der Waals surface area contributed by atoms with Crippen molar-refractivity contribution >= 4 is 6.08 Å². The Labute approximate surface area is 200 Å². The second kappa shape index (κ2) is 10.2. The molecule has 0 aromatic heterocycles. The highest BCUT2D eigenvalue weighted by Crippen LogP contribution is 2.41. The molecule has 0 bridgehead atoms. The quantitative estimate of drug-likeness (QED) is 0.401. The van der Waals surface area contributed by atoms with Crippen molar-refractivity contribution in [2.45, 2.75) is 75.4 Å². The van der Waals surface area contributed by atoms with Crippen LogP contribution in [0.25, 0.3) is 6.08 Å². The summed E-state index contributed by atoms with van der Waals surface area (Å²) in [5, 5.41) is 0. The fraction of sp³-hybridized carbons (Fsp3) is 0.517. The van der Waals surface area contributed by atoms with Gasteiger partial charge in [0.2, 0.25) is 0 Å². The summed E-state index contributed by atoms with van der Waals surface area (Å²) in [6.45, 7) is 0.595. The van der Waals surface area contributed by atoms with Crippen molar-refractivity contribution in [3.63, 3.8) is 0 Å². The van der Waals surface area contributed by atoms with Crippen molar-refractivity contribution in [3.8, 4) is 0 Å². The van der Waals surface area contributed by atoms with Crippen LogP contribution in [0.15, 0.2) is 36.4 Å². The van der Waals surface area contributed by atoms with Gasteiger partial charge in [-0.2, -0.15) is 0 Å². The van der Waals surface area contributed by atoms with Gasteiger partial charge in [-0.3, -0.25) is 0 Å². The number of ether oxygens (including phenoxy) is 2.